The first-order chi connectivity index (χ1) is 5.63. The average Bonchev–Trinajstić information content (AvgIpc) is 2.04. The van der Waals surface area contributed by atoms with Gasteiger partial charge in [-0.05, 0) is 33.6 Å². The Morgan fingerprint density at radius 3 is 2.17 bits per heavy atom. The van der Waals surface area contributed by atoms with E-state index in [1.807, 2.05) is 0 Å². The summed E-state index contributed by atoms with van der Waals surface area (Å²) in [5.74, 6) is 0.448. The standard InChI is InChI=1S/C11H20O/c1-8(2)9(3)10-6-4-5-7-11(10)12/h10-12H,4-7H2,1-3H3/t10-,11+/m0/s1. The number of hydrogen-bond acceptors (Lipinski definition) is 1. The normalized spacial score (nSPS) is 30.0. The molecule has 0 radical (unpaired) electrons. The van der Waals surface area contributed by atoms with Gasteiger partial charge in [0.2, 0.25) is 0 Å². The van der Waals surface area contributed by atoms with E-state index in [-0.39, 0.29) is 6.10 Å². The lowest BCUT2D eigenvalue weighted by Crippen LogP contribution is -2.25. The summed E-state index contributed by atoms with van der Waals surface area (Å²) in [6.07, 6.45) is 4.58. The van der Waals surface area contributed by atoms with Crippen LogP contribution in [0.4, 0.5) is 0 Å². The highest BCUT2D eigenvalue weighted by atomic mass is 16.3. The molecule has 2 atom stereocenters. The number of rotatable bonds is 1. The van der Waals surface area contributed by atoms with Crippen LogP contribution in [-0.4, -0.2) is 11.2 Å². The molecule has 0 saturated heterocycles. The van der Waals surface area contributed by atoms with Gasteiger partial charge in [-0.1, -0.05) is 24.0 Å². The molecule has 1 nitrogen and oxygen atoms in total. The molecule has 1 fully saturated rings. The molecule has 0 aromatic carbocycles. The Hall–Kier alpha value is -0.300. The number of aliphatic hydroxyl groups is 1. The molecule has 0 unspecified atom stereocenters. The van der Waals surface area contributed by atoms with Crippen LogP contribution in [0.2, 0.25) is 0 Å². The highest BCUT2D eigenvalue weighted by Crippen LogP contribution is 2.31. The van der Waals surface area contributed by atoms with Crippen molar-refractivity contribution in [3.63, 3.8) is 0 Å². The summed E-state index contributed by atoms with van der Waals surface area (Å²) in [6, 6.07) is 0. The Morgan fingerprint density at radius 2 is 1.67 bits per heavy atom. The topological polar surface area (TPSA) is 20.2 Å². The third-order valence-corrected chi connectivity index (χ3v) is 3.07. The maximum absolute atomic E-state index is 9.75. The zero-order valence-corrected chi connectivity index (χ0v) is 8.43. The molecule has 1 aliphatic carbocycles. The highest BCUT2D eigenvalue weighted by molar-refractivity contribution is 5.12. The molecule has 0 aromatic heterocycles. The smallest absolute Gasteiger partial charge is 0.0605 e. The van der Waals surface area contributed by atoms with Crippen molar-refractivity contribution >= 4 is 0 Å². The lowest BCUT2D eigenvalue weighted by molar-refractivity contribution is 0.0869. The van der Waals surface area contributed by atoms with Crippen molar-refractivity contribution in [1.29, 1.82) is 0 Å². The van der Waals surface area contributed by atoms with Crippen molar-refractivity contribution in [2.24, 2.45) is 5.92 Å². The third kappa shape index (κ3) is 2.10. The van der Waals surface area contributed by atoms with Gasteiger partial charge in [0.1, 0.15) is 0 Å². The summed E-state index contributed by atoms with van der Waals surface area (Å²) in [6.45, 7) is 6.43. The fourth-order valence-electron chi connectivity index (χ4n) is 1.99. The molecule has 1 heteroatoms. The molecule has 12 heavy (non-hydrogen) atoms. The van der Waals surface area contributed by atoms with Gasteiger partial charge in [-0.3, -0.25) is 0 Å². The fourth-order valence-corrected chi connectivity index (χ4v) is 1.99. The van der Waals surface area contributed by atoms with Crippen LogP contribution in [0.1, 0.15) is 46.5 Å². The quantitative estimate of drug-likeness (QED) is 0.597. The molecular weight excluding hydrogens is 148 g/mol. The predicted octanol–water partition coefficient (Wildman–Crippen LogP) is 2.89. The van der Waals surface area contributed by atoms with Gasteiger partial charge in [0.05, 0.1) is 6.10 Å². The van der Waals surface area contributed by atoms with E-state index in [1.165, 1.54) is 30.4 Å². The van der Waals surface area contributed by atoms with Gasteiger partial charge in [0, 0.05) is 5.92 Å². The van der Waals surface area contributed by atoms with Crippen LogP contribution < -0.4 is 0 Å². The zero-order chi connectivity index (χ0) is 9.14. The molecular formula is C11H20O. The molecule has 1 saturated carbocycles. The van der Waals surface area contributed by atoms with Crippen molar-refractivity contribution in [2.45, 2.75) is 52.6 Å². The first-order valence-corrected chi connectivity index (χ1v) is 4.95. The molecule has 70 valence electrons. The second kappa shape index (κ2) is 4.08. The van der Waals surface area contributed by atoms with Crippen LogP contribution >= 0.6 is 0 Å². The van der Waals surface area contributed by atoms with E-state index in [2.05, 4.69) is 20.8 Å². The predicted molar refractivity (Wildman–Crippen MR) is 52.0 cm³/mol. The van der Waals surface area contributed by atoms with Gasteiger partial charge in [0.15, 0.2) is 0 Å². The minimum Gasteiger partial charge on any atom is -0.393 e. The van der Waals surface area contributed by atoms with E-state index in [0.717, 1.165) is 6.42 Å². The largest absolute Gasteiger partial charge is 0.393 e. The van der Waals surface area contributed by atoms with Gasteiger partial charge in [-0.2, -0.15) is 0 Å². The van der Waals surface area contributed by atoms with Crippen LogP contribution in [0.5, 0.6) is 0 Å². The Bertz CT molecular complexity index is 177. The van der Waals surface area contributed by atoms with Gasteiger partial charge < -0.3 is 5.11 Å². The Kier molecular flexibility index (Phi) is 3.33. The molecule has 0 aromatic rings. The van der Waals surface area contributed by atoms with Gasteiger partial charge in [0.25, 0.3) is 0 Å². The maximum atomic E-state index is 9.75. The summed E-state index contributed by atoms with van der Waals surface area (Å²) in [7, 11) is 0. The summed E-state index contributed by atoms with van der Waals surface area (Å²) >= 11 is 0. The minimum atomic E-state index is -0.0753. The number of hydrogen-bond donors (Lipinski definition) is 1. The zero-order valence-electron chi connectivity index (χ0n) is 8.43. The molecule has 1 aliphatic rings. The lowest BCUT2D eigenvalue weighted by atomic mass is 9.81. The van der Waals surface area contributed by atoms with Gasteiger partial charge >= 0.3 is 0 Å². The number of aliphatic hydroxyl groups excluding tert-OH is 1. The van der Waals surface area contributed by atoms with Gasteiger partial charge in [-0.15, -0.1) is 0 Å². The van der Waals surface area contributed by atoms with Crippen LogP contribution in [0.25, 0.3) is 0 Å². The molecule has 1 N–H and O–H groups in total. The van der Waals surface area contributed by atoms with E-state index >= 15 is 0 Å². The second-order valence-electron chi connectivity index (χ2n) is 4.14. The Labute approximate surface area is 75.5 Å². The molecule has 0 heterocycles. The SMILES string of the molecule is CC(C)=C(C)[C@@H]1CCCC[C@H]1O. The summed E-state index contributed by atoms with van der Waals surface area (Å²) in [5.41, 5.74) is 2.78. The van der Waals surface area contributed by atoms with Crippen LogP contribution in [-0.2, 0) is 0 Å². The van der Waals surface area contributed by atoms with E-state index < -0.39 is 0 Å². The number of allylic oxidation sites excluding steroid dienone is 1. The minimum absolute atomic E-state index is 0.0753. The van der Waals surface area contributed by atoms with Crippen molar-refractivity contribution < 1.29 is 5.11 Å². The van der Waals surface area contributed by atoms with E-state index in [4.69, 9.17) is 0 Å². The monoisotopic (exact) mass is 168 g/mol. The highest BCUT2D eigenvalue weighted by Gasteiger charge is 2.24. The molecule has 0 spiro atoms. The first kappa shape index (κ1) is 9.79. The third-order valence-electron chi connectivity index (χ3n) is 3.07. The average molecular weight is 168 g/mol. The molecule has 0 aliphatic heterocycles. The van der Waals surface area contributed by atoms with Crippen molar-refractivity contribution in [2.75, 3.05) is 0 Å². The van der Waals surface area contributed by atoms with Crippen molar-refractivity contribution in [3.8, 4) is 0 Å². The maximum Gasteiger partial charge on any atom is 0.0605 e. The van der Waals surface area contributed by atoms with Crippen LogP contribution in [0.15, 0.2) is 11.1 Å². The Morgan fingerprint density at radius 1 is 1.08 bits per heavy atom. The van der Waals surface area contributed by atoms with Crippen LogP contribution in [0, 0.1) is 5.92 Å². The summed E-state index contributed by atoms with van der Waals surface area (Å²) < 4.78 is 0. The van der Waals surface area contributed by atoms with Gasteiger partial charge in [-0.25, -0.2) is 0 Å². The second-order valence-corrected chi connectivity index (χ2v) is 4.14. The first-order valence-electron chi connectivity index (χ1n) is 4.95. The summed E-state index contributed by atoms with van der Waals surface area (Å²) in [5, 5.41) is 9.75. The Balaban J connectivity index is 2.66. The molecule has 0 amide bonds. The van der Waals surface area contributed by atoms with Crippen molar-refractivity contribution in [3.05, 3.63) is 11.1 Å². The van der Waals surface area contributed by atoms with Crippen LogP contribution in [0.3, 0.4) is 0 Å². The van der Waals surface area contributed by atoms with Crippen molar-refractivity contribution in [1.82, 2.24) is 0 Å². The van der Waals surface area contributed by atoms with E-state index in [0.29, 0.717) is 5.92 Å². The summed E-state index contributed by atoms with van der Waals surface area (Å²) in [4.78, 5) is 0. The molecule has 0 bridgehead atoms. The van der Waals surface area contributed by atoms with E-state index in [9.17, 15) is 5.11 Å². The fraction of sp³-hybridized carbons (Fsp3) is 0.818. The molecule has 1 rings (SSSR count). The van der Waals surface area contributed by atoms with E-state index in [1.54, 1.807) is 0 Å². The lowest BCUT2D eigenvalue weighted by Gasteiger charge is -2.29.